The molecule has 1 fully saturated rings. The highest BCUT2D eigenvalue weighted by Gasteiger charge is 2.28. The highest BCUT2D eigenvalue weighted by Crippen LogP contribution is 2.28. The third-order valence-corrected chi connectivity index (χ3v) is 5.77. The van der Waals surface area contributed by atoms with Gasteiger partial charge in [-0.05, 0) is 42.4 Å². The van der Waals surface area contributed by atoms with E-state index in [1.165, 1.54) is 4.90 Å². The Kier molecular flexibility index (Phi) is 7.01. The summed E-state index contributed by atoms with van der Waals surface area (Å²) in [6, 6.07) is 7.33. The van der Waals surface area contributed by atoms with Gasteiger partial charge in [-0.1, -0.05) is 25.1 Å². The Hall–Kier alpha value is -2.98. The molecule has 9 nitrogen and oxygen atoms in total. The van der Waals surface area contributed by atoms with Crippen LogP contribution in [0.4, 0.5) is 11.4 Å². The van der Waals surface area contributed by atoms with Gasteiger partial charge < -0.3 is 21.5 Å². The number of primary amides is 1. The maximum atomic E-state index is 13.3. The zero-order valence-corrected chi connectivity index (χ0v) is 17.5. The average Bonchev–Trinajstić information content (AvgIpc) is 3.39. The van der Waals surface area contributed by atoms with E-state index in [2.05, 4.69) is 9.69 Å². The van der Waals surface area contributed by atoms with Crippen LogP contribution in [0.15, 0.2) is 24.3 Å². The number of nitrogens with zero attached hydrogens (tertiary/aromatic N) is 2. The zero-order valence-electron chi connectivity index (χ0n) is 16.7. The lowest BCUT2D eigenvalue weighted by Gasteiger charge is -2.24. The molecule has 1 aliphatic rings. The maximum absolute atomic E-state index is 13.3. The van der Waals surface area contributed by atoms with Crippen molar-refractivity contribution in [1.29, 1.82) is 0 Å². The minimum atomic E-state index is -0.808. The van der Waals surface area contributed by atoms with Gasteiger partial charge in [0.05, 0.1) is 11.8 Å². The molecule has 1 unspecified atom stereocenters. The number of benzene rings is 1. The summed E-state index contributed by atoms with van der Waals surface area (Å²) in [6.07, 6.45) is 2.54. The van der Waals surface area contributed by atoms with Crippen LogP contribution in [0, 0.1) is 0 Å². The fourth-order valence-corrected chi connectivity index (χ4v) is 4.08. The van der Waals surface area contributed by atoms with Crippen molar-refractivity contribution in [2.45, 2.75) is 32.3 Å². The highest BCUT2D eigenvalue weighted by molar-refractivity contribution is 7.09. The largest absolute Gasteiger partial charge is 0.395 e. The van der Waals surface area contributed by atoms with E-state index < -0.39 is 11.8 Å². The number of ether oxygens (including phenoxy) is 1. The van der Waals surface area contributed by atoms with Crippen LogP contribution in [0.1, 0.15) is 45.5 Å². The molecule has 10 heteroatoms. The second kappa shape index (κ2) is 9.68. The molecule has 160 valence electrons. The van der Waals surface area contributed by atoms with Crippen molar-refractivity contribution >= 4 is 40.6 Å². The average molecular weight is 432 g/mol. The van der Waals surface area contributed by atoms with Crippen LogP contribution < -0.4 is 21.7 Å². The van der Waals surface area contributed by atoms with Gasteiger partial charge in [0.25, 0.3) is 11.8 Å². The number of carbonyl (C=O) groups is 3. The topological polar surface area (TPSA) is 141 Å². The second-order valence-electron chi connectivity index (χ2n) is 6.95. The lowest BCUT2D eigenvalue weighted by atomic mass is 10.1. The van der Waals surface area contributed by atoms with Gasteiger partial charge in [-0.15, -0.1) is 0 Å². The molecule has 1 atom stereocenters. The van der Waals surface area contributed by atoms with Crippen molar-refractivity contribution in [2.24, 2.45) is 5.73 Å². The molecular weight excluding hydrogens is 406 g/mol. The van der Waals surface area contributed by atoms with E-state index in [1.54, 1.807) is 12.1 Å². The van der Waals surface area contributed by atoms with Gasteiger partial charge in [0, 0.05) is 18.8 Å². The van der Waals surface area contributed by atoms with Crippen molar-refractivity contribution < 1.29 is 19.1 Å². The normalized spacial score (nSPS) is 15.7. The lowest BCUT2D eigenvalue weighted by molar-refractivity contribution is -0.120. The van der Waals surface area contributed by atoms with Gasteiger partial charge in [0.15, 0.2) is 5.69 Å². The summed E-state index contributed by atoms with van der Waals surface area (Å²) in [5.41, 5.74) is 12.5. The number of aryl methyl sites for hydroxylation is 1. The fraction of sp³-hybridized carbons (Fsp3) is 0.400. The Morgan fingerprint density at radius 2 is 2.10 bits per heavy atom. The summed E-state index contributed by atoms with van der Waals surface area (Å²) in [6.45, 7) is 2.85. The molecule has 1 saturated heterocycles. The maximum Gasteiger partial charge on any atom is 0.272 e. The number of rotatable bonds is 8. The van der Waals surface area contributed by atoms with Crippen LogP contribution in [0.5, 0.6) is 0 Å². The van der Waals surface area contributed by atoms with Gasteiger partial charge >= 0.3 is 0 Å². The first-order chi connectivity index (χ1) is 14.4. The van der Waals surface area contributed by atoms with Crippen LogP contribution >= 0.6 is 11.5 Å². The highest BCUT2D eigenvalue weighted by atomic mass is 32.1. The van der Waals surface area contributed by atoms with E-state index in [0.717, 1.165) is 29.9 Å². The van der Waals surface area contributed by atoms with Gasteiger partial charge in [-0.3, -0.25) is 19.3 Å². The molecule has 1 aromatic heterocycles. The Morgan fingerprint density at radius 3 is 2.73 bits per heavy atom. The number of nitrogen functional groups attached to an aromatic ring is 1. The minimum absolute atomic E-state index is 0.00343. The minimum Gasteiger partial charge on any atom is -0.395 e. The summed E-state index contributed by atoms with van der Waals surface area (Å²) in [5, 5.41) is 2.83. The Morgan fingerprint density at radius 1 is 1.33 bits per heavy atom. The first kappa shape index (κ1) is 21.7. The van der Waals surface area contributed by atoms with Crippen molar-refractivity contribution in [3.63, 3.8) is 0 Å². The van der Waals surface area contributed by atoms with Crippen LogP contribution in [-0.2, 0) is 16.0 Å². The Balaban J connectivity index is 1.86. The van der Waals surface area contributed by atoms with Crippen LogP contribution in [0.2, 0.25) is 0 Å². The number of carbonyl (C=O) groups excluding carboxylic acids is 3. The first-order valence-electron chi connectivity index (χ1n) is 9.75. The van der Waals surface area contributed by atoms with E-state index in [0.29, 0.717) is 25.3 Å². The molecule has 0 saturated carbocycles. The zero-order chi connectivity index (χ0) is 21.7. The number of amides is 3. The van der Waals surface area contributed by atoms with E-state index >= 15 is 0 Å². The second-order valence-corrected chi connectivity index (χ2v) is 7.72. The van der Waals surface area contributed by atoms with Crippen molar-refractivity contribution in [3.05, 3.63) is 40.4 Å². The smallest absolute Gasteiger partial charge is 0.272 e. The number of hydrogen-bond donors (Lipinski definition) is 3. The first-order valence-corrected chi connectivity index (χ1v) is 10.5. The van der Waals surface area contributed by atoms with Crippen LogP contribution in [0.3, 0.4) is 0 Å². The fourth-order valence-electron chi connectivity index (χ4n) is 3.32. The Labute approximate surface area is 178 Å². The molecule has 2 heterocycles. The number of nitrogens with one attached hydrogen (secondary N) is 1. The summed E-state index contributed by atoms with van der Waals surface area (Å²) >= 11 is 0.791. The number of hydrogen-bond acceptors (Lipinski definition) is 7. The molecule has 0 bridgehead atoms. The summed E-state index contributed by atoms with van der Waals surface area (Å²) in [4.78, 5) is 38.9. The summed E-state index contributed by atoms with van der Waals surface area (Å²) < 4.78 is 9.43. The monoisotopic (exact) mass is 431 g/mol. The van der Waals surface area contributed by atoms with Gasteiger partial charge in [0.2, 0.25) is 5.91 Å². The molecule has 3 rings (SSSR count). The van der Waals surface area contributed by atoms with Crippen LogP contribution in [-0.4, -0.2) is 47.9 Å². The predicted octanol–water partition coefficient (Wildman–Crippen LogP) is 1.33. The van der Waals surface area contributed by atoms with Crippen molar-refractivity contribution in [1.82, 2.24) is 9.69 Å². The molecule has 0 spiro atoms. The standard InChI is InChI=1S/C20H25N5O4S/c1-2-12-6-3-4-8-14(12)25(11-15(26)23-10-13-7-5-9-29-13)20(28)18-16(21)17(19(22)27)24-30-18/h3-4,6,8,13H,2,5,7,9-11,21H2,1H3,(H2,22,27)(H,23,26). The van der Waals surface area contributed by atoms with E-state index in [-0.39, 0.29) is 34.8 Å². The molecule has 30 heavy (non-hydrogen) atoms. The molecular formula is C20H25N5O4S. The summed E-state index contributed by atoms with van der Waals surface area (Å²) in [7, 11) is 0. The number of anilines is 2. The Bertz CT molecular complexity index is 939. The van der Waals surface area contributed by atoms with E-state index in [4.69, 9.17) is 16.2 Å². The van der Waals surface area contributed by atoms with Gasteiger partial charge in [0.1, 0.15) is 11.4 Å². The molecule has 0 radical (unpaired) electrons. The third-order valence-electron chi connectivity index (χ3n) is 4.92. The van der Waals surface area contributed by atoms with Gasteiger partial charge in [-0.25, -0.2) is 0 Å². The van der Waals surface area contributed by atoms with E-state index in [9.17, 15) is 14.4 Å². The number of para-hydroxylation sites is 1. The quantitative estimate of drug-likeness (QED) is 0.576. The van der Waals surface area contributed by atoms with Crippen molar-refractivity contribution in [3.8, 4) is 0 Å². The summed E-state index contributed by atoms with van der Waals surface area (Å²) in [5.74, 6) is -1.63. The SMILES string of the molecule is CCc1ccccc1N(CC(=O)NCC1CCCO1)C(=O)c1snc(C(N)=O)c1N. The van der Waals surface area contributed by atoms with Crippen molar-refractivity contribution in [2.75, 3.05) is 30.3 Å². The van der Waals surface area contributed by atoms with E-state index in [1.807, 2.05) is 19.1 Å². The molecule has 3 amide bonds. The molecule has 1 aromatic carbocycles. The number of aromatic nitrogens is 1. The van der Waals surface area contributed by atoms with Gasteiger partial charge in [-0.2, -0.15) is 4.37 Å². The number of nitrogens with two attached hydrogens (primary N) is 2. The molecule has 0 aliphatic carbocycles. The molecule has 2 aromatic rings. The predicted molar refractivity (Wildman–Crippen MR) is 115 cm³/mol. The lowest BCUT2D eigenvalue weighted by Crippen LogP contribution is -2.43. The molecule has 1 aliphatic heterocycles. The molecule has 5 N–H and O–H groups in total. The van der Waals surface area contributed by atoms with Crippen LogP contribution in [0.25, 0.3) is 0 Å². The third kappa shape index (κ3) is 4.77.